The lowest BCUT2D eigenvalue weighted by Crippen LogP contribution is -2.71. The first kappa shape index (κ1) is 23.3. The SMILES string of the molecule is CC(=O)OCC1=C(C(=O)O)N2C(=O)[C@@H](NC(=O)C(c3ccccc3)c3noc(=O)n3C)C2SC1. The summed E-state index contributed by atoms with van der Waals surface area (Å²) in [6.45, 7) is 0.960. The maximum atomic E-state index is 13.3. The summed E-state index contributed by atoms with van der Waals surface area (Å²) in [6.07, 6.45) is 0. The number of ether oxygens (including phenoxy) is 1. The lowest BCUT2D eigenvalue weighted by atomic mass is 9.95. The molecule has 12 nitrogen and oxygen atoms in total. The van der Waals surface area contributed by atoms with Crippen LogP contribution in [0, 0.1) is 0 Å². The molecule has 1 saturated heterocycles. The molecular weight excluding hydrogens is 468 g/mol. The smallest absolute Gasteiger partial charge is 0.441 e. The van der Waals surface area contributed by atoms with Crippen molar-refractivity contribution in [3.8, 4) is 0 Å². The molecule has 3 atom stereocenters. The molecule has 0 spiro atoms. The van der Waals surface area contributed by atoms with Gasteiger partial charge in [0, 0.05) is 25.3 Å². The molecule has 2 aliphatic heterocycles. The number of amides is 2. The summed E-state index contributed by atoms with van der Waals surface area (Å²) >= 11 is 1.25. The zero-order valence-electron chi connectivity index (χ0n) is 18.1. The van der Waals surface area contributed by atoms with E-state index in [1.165, 1.54) is 25.7 Å². The highest BCUT2D eigenvalue weighted by molar-refractivity contribution is 8.00. The van der Waals surface area contributed by atoms with E-state index in [1.807, 2.05) is 0 Å². The topological polar surface area (TPSA) is 161 Å². The number of carbonyl (C=O) groups excluding carboxylic acids is 3. The van der Waals surface area contributed by atoms with Crippen molar-refractivity contribution in [3.05, 3.63) is 63.5 Å². The van der Waals surface area contributed by atoms with Crippen molar-refractivity contribution in [2.75, 3.05) is 12.4 Å². The van der Waals surface area contributed by atoms with Crippen LogP contribution in [0.25, 0.3) is 0 Å². The van der Waals surface area contributed by atoms with Crippen LogP contribution < -0.4 is 11.1 Å². The number of benzene rings is 1. The molecule has 1 aromatic heterocycles. The van der Waals surface area contributed by atoms with Crippen LogP contribution in [0.4, 0.5) is 0 Å². The van der Waals surface area contributed by atoms with E-state index in [2.05, 4.69) is 15.0 Å². The number of esters is 1. The van der Waals surface area contributed by atoms with Gasteiger partial charge in [0.1, 0.15) is 29.6 Å². The molecular formula is C21H20N4O8S. The lowest BCUT2D eigenvalue weighted by Gasteiger charge is -2.49. The fourth-order valence-corrected chi connectivity index (χ4v) is 5.16. The number of β-lactam (4-membered cyclic amide) rings is 1. The van der Waals surface area contributed by atoms with Crippen molar-refractivity contribution in [3.63, 3.8) is 0 Å². The Labute approximate surface area is 196 Å². The highest BCUT2D eigenvalue weighted by Crippen LogP contribution is 2.40. The van der Waals surface area contributed by atoms with Gasteiger partial charge in [-0.2, -0.15) is 0 Å². The number of hydrogen-bond acceptors (Lipinski definition) is 9. The highest BCUT2D eigenvalue weighted by atomic mass is 32.2. The first-order valence-corrected chi connectivity index (χ1v) is 11.2. The highest BCUT2D eigenvalue weighted by Gasteiger charge is 2.54. The quantitative estimate of drug-likeness (QED) is 0.395. The minimum atomic E-state index is -1.33. The number of carbonyl (C=O) groups is 4. The molecule has 1 aromatic carbocycles. The number of nitrogens with one attached hydrogen (secondary N) is 1. The van der Waals surface area contributed by atoms with E-state index in [4.69, 9.17) is 4.74 Å². The molecule has 178 valence electrons. The maximum absolute atomic E-state index is 13.3. The third-order valence-corrected chi connectivity index (χ3v) is 6.82. The Kier molecular flexibility index (Phi) is 6.28. The van der Waals surface area contributed by atoms with Gasteiger partial charge >= 0.3 is 17.7 Å². The first-order valence-electron chi connectivity index (χ1n) is 10.1. The van der Waals surface area contributed by atoms with Crippen molar-refractivity contribution >= 4 is 35.5 Å². The number of thioether (sulfide) groups is 1. The molecule has 2 aliphatic rings. The second kappa shape index (κ2) is 9.17. The van der Waals surface area contributed by atoms with Crippen molar-refractivity contribution < 1.29 is 33.5 Å². The van der Waals surface area contributed by atoms with Crippen LogP contribution in [-0.4, -0.2) is 67.3 Å². The number of fused-ring (bicyclic) bond motifs is 1. The van der Waals surface area contributed by atoms with Crippen LogP contribution in [0.3, 0.4) is 0 Å². The number of carboxylic acids is 1. The van der Waals surface area contributed by atoms with Gasteiger partial charge in [-0.3, -0.25) is 28.4 Å². The summed E-state index contributed by atoms with van der Waals surface area (Å²) in [5, 5.41) is 15.4. The average molecular weight is 488 g/mol. The number of aromatic nitrogens is 2. The molecule has 1 fully saturated rings. The van der Waals surface area contributed by atoms with E-state index in [1.54, 1.807) is 30.3 Å². The number of carboxylic acid groups (broad SMARTS) is 1. The van der Waals surface area contributed by atoms with Gasteiger partial charge < -0.3 is 15.2 Å². The third-order valence-electron chi connectivity index (χ3n) is 5.49. The molecule has 0 aliphatic carbocycles. The van der Waals surface area contributed by atoms with E-state index >= 15 is 0 Å². The molecule has 0 saturated carbocycles. The van der Waals surface area contributed by atoms with Gasteiger partial charge in [-0.15, -0.1) is 11.8 Å². The molecule has 0 bridgehead atoms. The van der Waals surface area contributed by atoms with E-state index in [0.29, 0.717) is 11.1 Å². The van der Waals surface area contributed by atoms with Gasteiger partial charge in [-0.25, -0.2) is 9.59 Å². The minimum absolute atomic E-state index is 0.0587. The van der Waals surface area contributed by atoms with Crippen LogP contribution in [0.15, 0.2) is 50.9 Å². The second-order valence-electron chi connectivity index (χ2n) is 7.64. The molecule has 0 radical (unpaired) electrons. The Hall–Kier alpha value is -3.87. The number of rotatable bonds is 7. The number of aliphatic carboxylic acids is 1. The second-order valence-corrected chi connectivity index (χ2v) is 8.75. The van der Waals surface area contributed by atoms with Crippen molar-refractivity contribution in [2.24, 2.45) is 7.05 Å². The Bertz CT molecular complexity index is 1250. The van der Waals surface area contributed by atoms with E-state index < -0.39 is 46.8 Å². The summed E-state index contributed by atoms with van der Waals surface area (Å²) in [5.41, 5.74) is 0.569. The van der Waals surface area contributed by atoms with Crippen molar-refractivity contribution in [2.45, 2.75) is 24.3 Å². The summed E-state index contributed by atoms with van der Waals surface area (Å²) in [4.78, 5) is 62.1. The zero-order chi connectivity index (χ0) is 24.6. The largest absolute Gasteiger partial charge is 0.477 e. The summed E-state index contributed by atoms with van der Waals surface area (Å²) in [6, 6.07) is 7.57. The average Bonchev–Trinajstić information content (AvgIpc) is 3.14. The fourth-order valence-electron chi connectivity index (χ4n) is 3.83. The molecule has 13 heteroatoms. The van der Waals surface area contributed by atoms with Gasteiger partial charge in [0.25, 0.3) is 5.91 Å². The van der Waals surface area contributed by atoms with Crippen molar-refractivity contribution in [1.82, 2.24) is 19.9 Å². The van der Waals surface area contributed by atoms with Crippen LogP contribution in [-0.2, 0) is 31.0 Å². The molecule has 2 N–H and O–H groups in total. The van der Waals surface area contributed by atoms with Gasteiger partial charge in [-0.1, -0.05) is 35.5 Å². The Morgan fingerprint density at radius 1 is 1.29 bits per heavy atom. The van der Waals surface area contributed by atoms with E-state index in [9.17, 15) is 29.1 Å². The van der Waals surface area contributed by atoms with Crippen LogP contribution in [0.5, 0.6) is 0 Å². The fraction of sp³-hybridized carbons (Fsp3) is 0.333. The standard InChI is InChI=1S/C21H20N4O8S/c1-10(26)32-8-12-9-34-19-14(18(28)25(19)15(12)20(29)30)22-17(27)13(11-6-4-3-5-7-11)16-23-33-21(31)24(16)2/h3-7,13-14,19H,8-9H2,1-2H3,(H,22,27)(H,29,30)/t13?,14-,19?/m1/s1. The number of nitrogens with zero attached hydrogens (tertiary/aromatic N) is 3. The third kappa shape index (κ3) is 4.09. The molecule has 2 unspecified atom stereocenters. The number of hydrogen-bond donors (Lipinski definition) is 2. The van der Waals surface area contributed by atoms with Gasteiger partial charge in [0.2, 0.25) is 5.91 Å². The normalized spacial score (nSPS) is 20.3. The Morgan fingerprint density at radius 2 is 2.00 bits per heavy atom. The molecule has 2 amide bonds. The maximum Gasteiger partial charge on any atom is 0.441 e. The van der Waals surface area contributed by atoms with Crippen LogP contribution >= 0.6 is 11.8 Å². The van der Waals surface area contributed by atoms with Gasteiger partial charge in [0.05, 0.1) is 0 Å². The lowest BCUT2D eigenvalue weighted by molar-refractivity contribution is -0.151. The van der Waals surface area contributed by atoms with E-state index in [-0.39, 0.29) is 23.9 Å². The minimum Gasteiger partial charge on any atom is -0.477 e. The van der Waals surface area contributed by atoms with E-state index in [0.717, 1.165) is 9.47 Å². The molecule has 34 heavy (non-hydrogen) atoms. The summed E-state index contributed by atoms with van der Waals surface area (Å²) in [5.74, 6) is -4.62. The van der Waals surface area contributed by atoms with Crippen LogP contribution in [0.2, 0.25) is 0 Å². The summed E-state index contributed by atoms with van der Waals surface area (Å²) in [7, 11) is 1.42. The Balaban J connectivity index is 1.58. The first-order chi connectivity index (χ1) is 16.2. The van der Waals surface area contributed by atoms with Crippen LogP contribution in [0.1, 0.15) is 24.2 Å². The zero-order valence-corrected chi connectivity index (χ0v) is 18.9. The predicted octanol–water partition coefficient (Wildman–Crippen LogP) is -0.193. The summed E-state index contributed by atoms with van der Waals surface area (Å²) < 4.78 is 10.7. The van der Waals surface area contributed by atoms with Gasteiger partial charge in [-0.05, 0) is 5.56 Å². The molecule has 2 aromatic rings. The Morgan fingerprint density at radius 3 is 2.59 bits per heavy atom. The van der Waals surface area contributed by atoms with Gasteiger partial charge in [0.15, 0.2) is 5.82 Å². The van der Waals surface area contributed by atoms with Crippen molar-refractivity contribution in [1.29, 1.82) is 0 Å². The molecule has 4 rings (SSSR count). The predicted molar refractivity (Wildman–Crippen MR) is 116 cm³/mol. The molecule has 3 heterocycles. The monoisotopic (exact) mass is 488 g/mol.